The Balaban J connectivity index is 2.21. The molecular weight excluding hydrogens is 285 g/mol. The maximum atomic E-state index is 13.6. The second kappa shape index (κ2) is 6.17. The van der Waals surface area contributed by atoms with Crippen molar-refractivity contribution in [1.29, 1.82) is 0 Å². The van der Waals surface area contributed by atoms with Crippen LogP contribution in [-0.4, -0.2) is 12.5 Å². The third-order valence-electron chi connectivity index (χ3n) is 2.61. The van der Waals surface area contributed by atoms with Crippen LogP contribution < -0.4 is 15.8 Å². The predicted octanol–water partition coefficient (Wildman–Crippen LogP) is 3.26. The Hall–Kier alpha value is -2.70. The molecule has 2 rings (SSSR count). The van der Waals surface area contributed by atoms with Crippen molar-refractivity contribution in [3.63, 3.8) is 0 Å². The maximum Gasteiger partial charge on any atom is 0.387 e. The van der Waals surface area contributed by atoms with Gasteiger partial charge in [0, 0.05) is 5.56 Å². The highest BCUT2D eigenvalue weighted by molar-refractivity contribution is 6.06. The van der Waals surface area contributed by atoms with Gasteiger partial charge in [-0.1, -0.05) is 12.1 Å². The molecule has 1 amide bonds. The second-order valence-electron chi connectivity index (χ2n) is 4.06. The smallest absolute Gasteiger partial charge is 0.387 e. The van der Waals surface area contributed by atoms with Crippen molar-refractivity contribution in [1.82, 2.24) is 0 Å². The van der Waals surface area contributed by atoms with E-state index in [4.69, 9.17) is 5.73 Å². The monoisotopic (exact) mass is 296 g/mol. The van der Waals surface area contributed by atoms with Gasteiger partial charge in [-0.05, 0) is 30.3 Å². The van der Waals surface area contributed by atoms with Gasteiger partial charge in [0.2, 0.25) is 0 Å². The molecule has 0 aliphatic rings. The van der Waals surface area contributed by atoms with Crippen LogP contribution >= 0.6 is 0 Å². The summed E-state index contributed by atoms with van der Waals surface area (Å²) in [4.78, 5) is 12.0. The molecule has 0 heterocycles. The molecule has 0 fully saturated rings. The molecule has 0 saturated carbocycles. The summed E-state index contributed by atoms with van der Waals surface area (Å²) in [6, 6.07) is 9.12. The van der Waals surface area contributed by atoms with E-state index < -0.39 is 18.3 Å². The SMILES string of the molecule is Nc1cccc(F)c1NC(=O)c1cccc(OC(F)F)c1. The first-order valence-electron chi connectivity index (χ1n) is 5.87. The minimum absolute atomic E-state index is 0.0378. The zero-order valence-electron chi connectivity index (χ0n) is 10.6. The van der Waals surface area contributed by atoms with Crippen molar-refractivity contribution in [2.24, 2.45) is 0 Å². The number of carbonyl (C=O) groups excluding carboxylic acids is 1. The van der Waals surface area contributed by atoms with Crippen LogP contribution in [0.15, 0.2) is 42.5 Å². The molecule has 0 aliphatic carbocycles. The number of alkyl halides is 2. The fourth-order valence-electron chi connectivity index (χ4n) is 1.67. The quantitative estimate of drug-likeness (QED) is 0.851. The molecule has 3 N–H and O–H groups in total. The fourth-order valence-corrected chi connectivity index (χ4v) is 1.67. The summed E-state index contributed by atoms with van der Waals surface area (Å²) in [7, 11) is 0. The minimum Gasteiger partial charge on any atom is -0.435 e. The zero-order chi connectivity index (χ0) is 15.4. The van der Waals surface area contributed by atoms with Gasteiger partial charge in [0.05, 0.1) is 5.69 Å². The maximum absolute atomic E-state index is 13.6. The number of hydrogen-bond donors (Lipinski definition) is 2. The van der Waals surface area contributed by atoms with E-state index in [1.165, 1.54) is 30.3 Å². The van der Waals surface area contributed by atoms with Crippen LogP contribution in [0.5, 0.6) is 5.75 Å². The van der Waals surface area contributed by atoms with Crippen LogP contribution in [0.1, 0.15) is 10.4 Å². The number of anilines is 2. The minimum atomic E-state index is -2.99. The van der Waals surface area contributed by atoms with Crippen molar-refractivity contribution >= 4 is 17.3 Å². The molecule has 0 aliphatic heterocycles. The molecule has 7 heteroatoms. The first-order chi connectivity index (χ1) is 9.97. The highest BCUT2D eigenvalue weighted by Gasteiger charge is 2.13. The summed E-state index contributed by atoms with van der Waals surface area (Å²) in [6.07, 6.45) is 0. The van der Waals surface area contributed by atoms with Crippen molar-refractivity contribution in [2.45, 2.75) is 6.61 Å². The molecular formula is C14H11F3N2O2. The van der Waals surface area contributed by atoms with E-state index in [1.807, 2.05) is 0 Å². The summed E-state index contributed by atoms with van der Waals surface area (Å²) >= 11 is 0. The number of carbonyl (C=O) groups is 1. The van der Waals surface area contributed by atoms with Crippen molar-refractivity contribution in [3.8, 4) is 5.75 Å². The molecule has 0 bridgehead atoms. The van der Waals surface area contributed by atoms with Gasteiger partial charge >= 0.3 is 6.61 Å². The van der Waals surface area contributed by atoms with Crippen LogP contribution in [0, 0.1) is 5.82 Å². The van der Waals surface area contributed by atoms with E-state index >= 15 is 0 Å². The third-order valence-corrected chi connectivity index (χ3v) is 2.61. The molecule has 0 atom stereocenters. The van der Waals surface area contributed by atoms with Crippen LogP contribution in [0.2, 0.25) is 0 Å². The van der Waals surface area contributed by atoms with Gasteiger partial charge in [-0.2, -0.15) is 8.78 Å². The number of nitrogens with one attached hydrogen (secondary N) is 1. The predicted molar refractivity (Wildman–Crippen MR) is 71.8 cm³/mol. The summed E-state index contributed by atoms with van der Waals surface area (Å²) in [5.41, 5.74) is 5.50. The van der Waals surface area contributed by atoms with Gasteiger partial charge in [-0.25, -0.2) is 4.39 Å². The van der Waals surface area contributed by atoms with Crippen LogP contribution in [0.25, 0.3) is 0 Å². The van der Waals surface area contributed by atoms with Gasteiger partial charge in [0.25, 0.3) is 5.91 Å². The first kappa shape index (κ1) is 14.7. The van der Waals surface area contributed by atoms with Crippen molar-refractivity contribution in [3.05, 3.63) is 53.8 Å². The lowest BCUT2D eigenvalue weighted by atomic mass is 10.2. The van der Waals surface area contributed by atoms with Gasteiger partial charge in [-0.3, -0.25) is 4.79 Å². The van der Waals surface area contributed by atoms with Crippen LogP contribution in [0.3, 0.4) is 0 Å². The highest BCUT2D eigenvalue weighted by Crippen LogP contribution is 2.23. The number of hydrogen-bond acceptors (Lipinski definition) is 3. The average molecular weight is 296 g/mol. The molecule has 4 nitrogen and oxygen atoms in total. The average Bonchev–Trinajstić information content (AvgIpc) is 2.42. The molecule has 0 saturated heterocycles. The Morgan fingerprint density at radius 1 is 1.19 bits per heavy atom. The van der Waals surface area contributed by atoms with Crippen molar-refractivity contribution < 1.29 is 22.7 Å². The number of benzene rings is 2. The highest BCUT2D eigenvalue weighted by atomic mass is 19.3. The molecule has 2 aromatic rings. The lowest BCUT2D eigenvalue weighted by Gasteiger charge is -2.10. The Kier molecular flexibility index (Phi) is 4.32. The molecule has 21 heavy (non-hydrogen) atoms. The Morgan fingerprint density at radius 2 is 1.90 bits per heavy atom. The number of amides is 1. The lowest BCUT2D eigenvalue weighted by Crippen LogP contribution is -2.14. The van der Waals surface area contributed by atoms with Gasteiger partial charge in [-0.15, -0.1) is 0 Å². The Labute approximate surface area is 118 Å². The van der Waals surface area contributed by atoms with E-state index in [-0.39, 0.29) is 22.7 Å². The van der Waals surface area contributed by atoms with Gasteiger partial charge in [0.1, 0.15) is 17.3 Å². The summed E-state index contributed by atoms with van der Waals surface area (Å²) < 4.78 is 42.0. The van der Waals surface area contributed by atoms with Crippen molar-refractivity contribution in [2.75, 3.05) is 11.1 Å². The first-order valence-corrected chi connectivity index (χ1v) is 5.87. The topological polar surface area (TPSA) is 64.3 Å². The third kappa shape index (κ3) is 3.65. The molecule has 0 radical (unpaired) electrons. The normalized spacial score (nSPS) is 10.5. The standard InChI is InChI=1S/C14H11F3N2O2/c15-10-5-2-6-11(18)12(10)19-13(20)8-3-1-4-9(7-8)21-14(16)17/h1-7,14H,18H2,(H,19,20). The Morgan fingerprint density at radius 3 is 2.57 bits per heavy atom. The molecule has 110 valence electrons. The fraction of sp³-hybridized carbons (Fsp3) is 0.0714. The largest absolute Gasteiger partial charge is 0.435 e. The molecule has 0 unspecified atom stereocenters. The van der Waals surface area contributed by atoms with E-state index in [2.05, 4.69) is 10.1 Å². The van der Waals surface area contributed by atoms with Crippen LogP contribution in [0.4, 0.5) is 24.5 Å². The number of ether oxygens (including phenoxy) is 1. The molecule has 2 aromatic carbocycles. The molecule has 0 aromatic heterocycles. The zero-order valence-corrected chi connectivity index (χ0v) is 10.6. The van der Waals surface area contributed by atoms with E-state index in [0.717, 1.165) is 12.1 Å². The summed E-state index contributed by atoms with van der Waals surface area (Å²) in [5.74, 6) is -1.55. The van der Waals surface area contributed by atoms with Gasteiger partial charge < -0.3 is 15.8 Å². The van der Waals surface area contributed by atoms with E-state index in [9.17, 15) is 18.0 Å². The number of nitrogens with two attached hydrogens (primary N) is 1. The Bertz CT molecular complexity index is 642. The van der Waals surface area contributed by atoms with E-state index in [0.29, 0.717) is 0 Å². The summed E-state index contributed by atoms with van der Waals surface area (Å²) in [5, 5.41) is 2.29. The number of halogens is 3. The second-order valence-corrected chi connectivity index (χ2v) is 4.06. The number of rotatable bonds is 4. The summed E-state index contributed by atoms with van der Waals surface area (Å²) in [6.45, 7) is -2.99. The number of nitrogen functional groups attached to an aromatic ring is 1. The van der Waals surface area contributed by atoms with Gasteiger partial charge in [0.15, 0.2) is 0 Å². The number of para-hydroxylation sites is 1. The van der Waals surface area contributed by atoms with Crippen LogP contribution in [-0.2, 0) is 0 Å². The van der Waals surface area contributed by atoms with E-state index in [1.54, 1.807) is 0 Å². The molecule has 0 spiro atoms. The lowest BCUT2D eigenvalue weighted by molar-refractivity contribution is -0.0498.